The van der Waals surface area contributed by atoms with E-state index in [1.165, 1.54) is 23.7 Å². The standard InChI is InChI=1S/C31H37N5O3/c1-19(32-30(38)39-31(2,3)4)17-35-13-12-21-14-26-24(16-23(21)29(35)37)33-28(34(26)5)27-15-22-8-6-7-9-25(22)36(27)18-20-10-11-20/h6-9,14-16,19-20H,10-13,17-18H2,1-5H3,(H,32,38)/t19-/m1/s1. The van der Waals surface area contributed by atoms with Crippen molar-refractivity contribution < 1.29 is 14.3 Å². The molecule has 0 bridgehead atoms. The zero-order chi connectivity index (χ0) is 27.5. The number of rotatable bonds is 6. The summed E-state index contributed by atoms with van der Waals surface area (Å²) in [4.78, 5) is 32.6. The molecule has 1 aliphatic carbocycles. The minimum absolute atomic E-state index is 0.0222. The van der Waals surface area contributed by atoms with E-state index in [4.69, 9.17) is 9.72 Å². The second-order valence-corrected chi connectivity index (χ2v) is 12.2. The molecule has 4 aromatic rings. The number of carbonyl (C=O) groups is 2. The Labute approximate surface area is 228 Å². The molecule has 0 unspecified atom stereocenters. The van der Waals surface area contributed by atoms with E-state index in [1.54, 1.807) is 0 Å². The predicted octanol–water partition coefficient (Wildman–Crippen LogP) is 5.52. The van der Waals surface area contributed by atoms with Crippen molar-refractivity contribution in [2.24, 2.45) is 13.0 Å². The molecule has 2 amide bonds. The maximum atomic E-state index is 13.5. The first kappa shape index (κ1) is 25.5. The Morgan fingerprint density at radius 2 is 1.92 bits per heavy atom. The summed E-state index contributed by atoms with van der Waals surface area (Å²) in [5, 5.41) is 4.07. The lowest BCUT2D eigenvalue weighted by atomic mass is 9.97. The fourth-order valence-electron chi connectivity index (χ4n) is 5.65. The van der Waals surface area contributed by atoms with E-state index in [0.717, 1.165) is 47.0 Å². The first-order valence-electron chi connectivity index (χ1n) is 13.9. The number of para-hydroxylation sites is 1. The van der Waals surface area contributed by atoms with Crippen LogP contribution in [0.5, 0.6) is 0 Å². The first-order valence-corrected chi connectivity index (χ1v) is 13.9. The van der Waals surface area contributed by atoms with Crippen molar-refractivity contribution in [1.29, 1.82) is 0 Å². The number of hydrogen-bond donors (Lipinski definition) is 1. The summed E-state index contributed by atoms with van der Waals surface area (Å²) in [6, 6.07) is 14.6. The van der Waals surface area contributed by atoms with Gasteiger partial charge in [-0.05, 0) is 82.7 Å². The molecule has 1 atom stereocenters. The summed E-state index contributed by atoms with van der Waals surface area (Å²) in [5.41, 5.74) is 5.40. The van der Waals surface area contributed by atoms with Crippen LogP contribution in [0.2, 0.25) is 0 Å². The van der Waals surface area contributed by atoms with Crippen molar-refractivity contribution in [2.75, 3.05) is 13.1 Å². The fraction of sp³-hybridized carbons (Fsp3) is 0.452. The van der Waals surface area contributed by atoms with Crippen LogP contribution < -0.4 is 5.32 Å². The summed E-state index contributed by atoms with van der Waals surface area (Å²) in [5.74, 6) is 1.63. The molecular formula is C31H37N5O3. The van der Waals surface area contributed by atoms with Gasteiger partial charge in [0.15, 0.2) is 5.82 Å². The molecule has 1 saturated carbocycles. The van der Waals surface area contributed by atoms with Crippen molar-refractivity contribution in [3.05, 3.63) is 53.6 Å². The second-order valence-electron chi connectivity index (χ2n) is 12.2. The Morgan fingerprint density at radius 3 is 2.67 bits per heavy atom. The van der Waals surface area contributed by atoms with Gasteiger partial charge in [0.1, 0.15) is 5.60 Å². The maximum absolute atomic E-state index is 13.5. The second kappa shape index (κ2) is 9.43. The van der Waals surface area contributed by atoms with Gasteiger partial charge in [0.2, 0.25) is 0 Å². The summed E-state index contributed by atoms with van der Waals surface area (Å²) in [6.07, 6.45) is 2.86. The van der Waals surface area contributed by atoms with Crippen molar-refractivity contribution in [3.63, 3.8) is 0 Å². The van der Waals surface area contributed by atoms with Gasteiger partial charge in [-0.1, -0.05) is 18.2 Å². The van der Waals surface area contributed by atoms with Crippen molar-refractivity contribution in [1.82, 2.24) is 24.3 Å². The SMILES string of the molecule is C[C@H](CN1CCc2cc3c(cc2C1=O)nc(-c1cc2ccccc2n1CC1CC1)n3C)NC(=O)OC(C)(C)C. The number of imidazole rings is 1. The van der Waals surface area contributed by atoms with Gasteiger partial charge in [0.25, 0.3) is 5.91 Å². The van der Waals surface area contributed by atoms with Gasteiger partial charge in [-0.15, -0.1) is 0 Å². The largest absolute Gasteiger partial charge is 0.444 e. The topological polar surface area (TPSA) is 81.4 Å². The number of aryl methyl sites for hydroxylation is 1. The van der Waals surface area contributed by atoms with Gasteiger partial charge < -0.3 is 24.1 Å². The van der Waals surface area contributed by atoms with Gasteiger partial charge in [-0.3, -0.25) is 4.79 Å². The smallest absolute Gasteiger partial charge is 0.407 e. The van der Waals surface area contributed by atoms with Crippen LogP contribution in [0, 0.1) is 5.92 Å². The maximum Gasteiger partial charge on any atom is 0.407 e. The Morgan fingerprint density at radius 1 is 1.15 bits per heavy atom. The van der Waals surface area contributed by atoms with Crippen LogP contribution in [0.15, 0.2) is 42.5 Å². The number of aromatic nitrogens is 3. The highest BCUT2D eigenvalue weighted by Gasteiger charge is 2.29. The molecule has 1 fully saturated rings. The molecule has 2 aliphatic rings. The van der Waals surface area contributed by atoms with E-state index in [9.17, 15) is 9.59 Å². The minimum atomic E-state index is -0.567. The molecule has 2 aromatic carbocycles. The molecular weight excluding hydrogens is 490 g/mol. The number of amides is 2. The lowest BCUT2D eigenvalue weighted by Crippen LogP contribution is -2.47. The lowest BCUT2D eigenvalue weighted by Gasteiger charge is -2.31. The van der Waals surface area contributed by atoms with Crippen LogP contribution in [-0.4, -0.2) is 55.8 Å². The Balaban J connectivity index is 1.28. The Hall–Kier alpha value is -3.81. The predicted molar refractivity (Wildman–Crippen MR) is 153 cm³/mol. The van der Waals surface area contributed by atoms with Gasteiger partial charge >= 0.3 is 6.09 Å². The highest BCUT2D eigenvalue weighted by Crippen LogP contribution is 2.37. The first-order chi connectivity index (χ1) is 18.6. The number of benzene rings is 2. The van der Waals surface area contributed by atoms with Crippen molar-refractivity contribution in [3.8, 4) is 11.5 Å². The van der Waals surface area contributed by atoms with Crippen LogP contribution in [0.25, 0.3) is 33.5 Å². The average molecular weight is 528 g/mol. The summed E-state index contributed by atoms with van der Waals surface area (Å²) in [7, 11) is 2.07. The van der Waals surface area contributed by atoms with E-state index >= 15 is 0 Å². The van der Waals surface area contributed by atoms with Gasteiger partial charge in [-0.25, -0.2) is 9.78 Å². The third-order valence-corrected chi connectivity index (χ3v) is 7.71. The van der Waals surface area contributed by atoms with Crippen molar-refractivity contribution in [2.45, 2.75) is 65.1 Å². The van der Waals surface area contributed by atoms with Crippen molar-refractivity contribution >= 4 is 33.9 Å². The Kier molecular flexibility index (Phi) is 6.16. The molecule has 8 nitrogen and oxygen atoms in total. The monoisotopic (exact) mass is 527 g/mol. The Bertz CT molecular complexity index is 1590. The summed E-state index contributed by atoms with van der Waals surface area (Å²) < 4.78 is 9.95. The third kappa shape index (κ3) is 5.00. The molecule has 1 aliphatic heterocycles. The number of alkyl carbamates (subject to hydrolysis) is 1. The molecule has 2 aromatic heterocycles. The lowest BCUT2D eigenvalue weighted by molar-refractivity contribution is 0.0483. The van der Waals surface area contributed by atoms with E-state index < -0.39 is 11.7 Å². The van der Waals surface area contributed by atoms with Gasteiger partial charge in [0, 0.05) is 49.2 Å². The molecule has 39 heavy (non-hydrogen) atoms. The quantitative estimate of drug-likeness (QED) is 0.358. The van der Waals surface area contributed by atoms with Crippen LogP contribution in [0.3, 0.4) is 0 Å². The van der Waals surface area contributed by atoms with Gasteiger partial charge in [-0.2, -0.15) is 0 Å². The zero-order valence-corrected chi connectivity index (χ0v) is 23.5. The van der Waals surface area contributed by atoms with E-state index in [1.807, 2.05) is 38.7 Å². The minimum Gasteiger partial charge on any atom is -0.444 e. The number of nitrogens with zero attached hydrogens (tertiary/aromatic N) is 4. The van der Waals surface area contributed by atoms with Crippen LogP contribution in [0.1, 0.15) is 56.5 Å². The van der Waals surface area contributed by atoms with E-state index in [-0.39, 0.29) is 11.9 Å². The van der Waals surface area contributed by atoms with E-state index in [2.05, 4.69) is 57.9 Å². The normalized spacial score (nSPS) is 16.5. The molecule has 1 N–H and O–H groups in total. The molecule has 0 radical (unpaired) electrons. The number of ether oxygens (including phenoxy) is 1. The molecule has 8 heteroatoms. The van der Waals surface area contributed by atoms with E-state index in [0.29, 0.717) is 18.7 Å². The van der Waals surface area contributed by atoms with Crippen LogP contribution in [-0.2, 0) is 24.8 Å². The zero-order valence-electron chi connectivity index (χ0n) is 23.5. The molecule has 204 valence electrons. The molecule has 0 saturated heterocycles. The molecule has 0 spiro atoms. The molecule has 3 heterocycles. The fourth-order valence-corrected chi connectivity index (χ4v) is 5.65. The molecule has 6 rings (SSSR count). The van der Waals surface area contributed by atoms with Crippen LogP contribution >= 0.6 is 0 Å². The van der Waals surface area contributed by atoms with Gasteiger partial charge in [0.05, 0.1) is 16.7 Å². The summed E-state index contributed by atoms with van der Waals surface area (Å²) in [6.45, 7) is 9.42. The highest BCUT2D eigenvalue weighted by atomic mass is 16.6. The van der Waals surface area contributed by atoms with Crippen LogP contribution in [0.4, 0.5) is 4.79 Å². The highest BCUT2D eigenvalue weighted by molar-refractivity contribution is 6.00. The number of carbonyl (C=O) groups excluding carboxylic acids is 2. The summed E-state index contributed by atoms with van der Waals surface area (Å²) >= 11 is 0. The number of hydrogen-bond acceptors (Lipinski definition) is 4. The average Bonchev–Trinajstić information content (AvgIpc) is 3.54. The number of fused-ring (bicyclic) bond motifs is 3. The number of nitrogens with one attached hydrogen (secondary N) is 1. The third-order valence-electron chi connectivity index (χ3n) is 7.71.